The lowest BCUT2D eigenvalue weighted by atomic mass is 9.97. The maximum Gasteiger partial charge on any atom is 0.335 e. The Labute approximate surface area is 101 Å². The maximum absolute atomic E-state index is 12.2. The van der Waals surface area contributed by atoms with Crippen LogP contribution in [-0.4, -0.2) is 29.0 Å². The number of aliphatic imine (C=N–C) groups is 1. The minimum atomic E-state index is -2.62. The molecule has 0 unspecified atom stereocenters. The zero-order chi connectivity index (χ0) is 13.3. The van der Waals surface area contributed by atoms with Crippen molar-refractivity contribution in [3.63, 3.8) is 0 Å². The molecule has 1 heterocycles. The van der Waals surface area contributed by atoms with Gasteiger partial charge in [-0.1, -0.05) is 0 Å². The Morgan fingerprint density at radius 2 is 2.17 bits per heavy atom. The number of nitrogens with zero attached hydrogens (tertiary/aromatic N) is 1. The second-order valence-corrected chi connectivity index (χ2v) is 3.90. The molecule has 0 bridgehead atoms. The molecular weight excluding hydrogens is 244 g/mol. The second kappa shape index (κ2) is 4.64. The number of carbonyl (C=O) groups excluding carboxylic acids is 1. The molecule has 1 aromatic rings. The van der Waals surface area contributed by atoms with Crippen LogP contribution in [0.25, 0.3) is 0 Å². The predicted octanol–water partition coefficient (Wildman–Crippen LogP) is 2.24. The first-order valence-corrected chi connectivity index (χ1v) is 5.22. The summed E-state index contributed by atoms with van der Waals surface area (Å²) >= 11 is 0. The largest absolute Gasteiger partial charge is 0.478 e. The van der Waals surface area contributed by atoms with Crippen LogP contribution in [-0.2, 0) is 11.2 Å². The lowest BCUT2D eigenvalue weighted by Crippen LogP contribution is -2.22. The maximum atomic E-state index is 12.2. The van der Waals surface area contributed by atoms with Crippen LogP contribution in [0.4, 0.5) is 14.5 Å². The Morgan fingerprint density at radius 1 is 1.44 bits per heavy atom. The van der Waals surface area contributed by atoms with E-state index in [4.69, 9.17) is 5.11 Å². The number of ketones is 1. The van der Waals surface area contributed by atoms with Gasteiger partial charge in [-0.05, 0) is 23.8 Å². The lowest BCUT2D eigenvalue weighted by Gasteiger charge is -2.14. The first-order chi connectivity index (χ1) is 8.47. The van der Waals surface area contributed by atoms with Crippen LogP contribution in [0.15, 0.2) is 23.2 Å². The average Bonchev–Trinajstić information content (AvgIpc) is 2.28. The molecule has 0 aliphatic carbocycles. The number of benzene rings is 1. The van der Waals surface area contributed by atoms with Crippen molar-refractivity contribution in [2.45, 2.75) is 19.3 Å². The summed E-state index contributed by atoms with van der Waals surface area (Å²) in [7, 11) is 0. The zero-order valence-electron chi connectivity index (χ0n) is 9.19. The zero-order valence-corrected chi connectivity index (χ0v) is 9.19. The van der Waals surface area contributed by atoms with Crippen molar-refractivity contribution in [3.8, 4) is 0 Å². The Hall–Kier alpha value is -2.11. The van der Waals surface area contributed by atoms with Crippen molar-refractivity contribution >= 4 is 23.2 Å². The summed E-state index contributed by atoms with van der Waals surface area (Å²) in [5.41, 5.74) is 0.739. The Kier molecular flexibility index (Phi) is 3.18. The summed E-state index contributed by atoms with van der Waals surface area (Å²) in [4.78, 5) is 26.2. The molecule has 94 valence electrons. The van der Waals surface area contributed by atoms with Crippen LogP contribution < -0.4 is 0 Å². The SMILES string of the molecule is O=C1Cc2cc(C(=O)O)ccc2N=C1CC(F)F. The molecule has 4 nitrogen and oxygen atoms in total. The molecule has 0 aromatic heterocycles. The molecule has 0 amide bonds. The molecule has 0 atom stereocenters. The number of aromatic carboxylic acids is 1. The number of hydrogen-bond donors (Lipinski definition) is 1. The molecule has 1 aromatic carbocycles. The van der Waals surface area contributed by atoms with Crippen LogP contribution in [0.3, 0.4) is 0 Å². The van der Waals surface area contributed by atoms with Crippen molar-refractivity contribution in [1.29, 1.82) is 0 Å². The van der Waals surface area contributed by atoms with Gasteiger partial charge in [-0.3, -0.25) is 4.79 Å². The van der Waals surface area contributed by atoms with Gasteiger partial charge >= 0.3 is 5.97 Å². The van der Waals surface area contributed by atoms with Crippen LogP contribution in [0.5, 0.6) is 0 Å². The highest BCUT2D eigenvalue weighted by Crippen LogP contribution is 2.27. The van der Waals surface area contributed by atoms with Gasteiger partial charge in [-0.15, -0.1) is 0 Å². The number of alkyl halides is 2. The third-order valence-corrected chi connectivity index (χ3v) is 2.60. The molecule has 0 radical (unpaired) electrons. The van der Waals surface area contributed by atoms with E-state index in [2.05, 4.69) is 4.99 Å². The van der Waals surface area contributed by atoms with Crippen molar-refractivity contribution < 1.29 is 23.5 Å². The number of carboxylic acids is 1. The lowest BCUT2D eigenvalue weighted by molar-refractivity contribution is -0.112. The van der Waals surface area contributed by atoms with Crippen LogP contribution in [0, 0.1) is 0 Å². The van der Waals surface area contributed by atoms with Crippen molar-refractivity contribution in [1.82, 2.24) is 0 Å². The Balaban J connectivity index is 2.38. The number of rotatable bonds is 3. The van der Waals surface area contributed by atoms with E-state index in [1.807, 2.05) is 0 Å². The molecule has 1 aliphatic rings. The van der Waals surface area contributed by atoms with Gasteiger partial charge in [-0.2, -0.15) is 0 Å². The molecule has 0 spiro atoms. The van der Waals surface area contributed by atoms with E-state index < -0.39 is 24.6 Å². The number of carbonyl (C=O) groups is 2. The molecule has 6 heteroatoms. The summed E-state index contributed by atoms with van der Waals surface area (Å²) in [6.07, 6.45) is -3.37. The van der Waals surface area contributed by atoms with Gasteiger partial charge in [0.05, 0.1) is 23.4 Å². The highest BCUT2D eigenvalue weighted by Gasteiger charge is 2.23. The van der Waals surface area contributed by atoms with Crippen molar-refractivity contribution in [3.05, 3.63) is 29.3 Å². The highest BCUT2D eigenvalue weighted by atomic mass is 19.3. The third-order valence-electron chi connectivity index (χ3n) is 2.60. The quantitative estimate of drug-likeness (QED) is 0.898. The van der Waals surface area contributed by atoms with Crippen LogP contribution in [0.1, 0.15) is 22.3 Å². The van der Waals surface area contributed by atoms with E-state index in [9.17, 15) is 18.4 Å². The minimum Gasteiger partial charge on any atom is -0.478 e. The Bertz CT molecular complexity index is 552. The van der Waals surface area contributed by atoms with E-state index in [-0.39, 0.29) is 17.7 Å². The average molecular weight is 253 g/mol. The molecule has 0 saturated carbocycles. The van der Waals surface area contributed by atoms with Gasteiger partial charge in [0, 0.05) is 6.42 Å². The number of Topliss-reactive ketones (excluding diaryl/α,β-unsaturated/α-hetero) is 1. The molecule has 2 rings (SSSR count). The van der Waals surface area contributed by atoms with E-state index in [1.165, 1.54) is 18.2 Å². The summed E-state index contributed by atoms with van der Waals surface area (Å²) in [5, 5.41) is 8.80. The van der Waals surface area contributed by atoms with E-state index in [0.29, 0.717) is 11.3 Å². The highest BCUT2D eigenvalue weighted by molar-refractivity contribution is 6.41. The normalized spacial score (nSPS) is 14.4. The van der Waals surface area contributed by atoms with Gasteiger partial charge in [0.2, 0.25) is 6.43 Å². The van der Waals surface area contributed by atoms with Crippen molar-refractivity contribution in [2.75, 3.05) is 0 Å². The van der Waals surface area contributed by atoms with E-state index >= 15 is 0 Å². The molecule has 0 fully saturated rings. The summed E-state index contributed by atoms with van der Waals surface area (Å²) in [6, 6.07) is 4.11. The summed E-state index contributed by atoms with van der Waals surface area (Å²) in [5.74, 6) is -1.59. The fourth-order valence-electron chi connectivity index (χ4n) is 1.76. The third kappa shape index (κ3) is 2.42. The number of hydrogen-bond acceptors (Lipinski definition) is 3. The first kappa shape index (κ1) is 12.3. The smallest absolute Gasteiger partial charge is 0.335 e. The van der Waals surface area contributed by atoms with Crippen LogP contribution in [0.2, 0.25) is 0 Å². The monoisotopic (exact) mass is 253 g/mol. The fraction of sp³-hybridized carbons (Fsp3) is 0.250. The van der Waals surface area contributed by atoms with Gasteiger partial charge < -0.3 is 5.11 Å². The van der Waals surface area contributed by atoms with Gasteiger partial charge in [0.1, 0.15) is 0 Å². The van der Waals surface area contributed by atoms with E-state index in [0.717, 1.165) is 0 Å². The molecule has 0 saturated heterocycles. The minimum absolute atomic E-state index is 0.0501. The van der Waals surface area contributed by atoms with E-state index in [1.54, 1.807) is 0 Å². The fourth-order valence-corrected chi connectivity index (χ4v) is 1.76. The van der Waals surface area contributed by atoms with Gasteiger partial charge in [0.15, 0.2) is 5.78 Å². The van der Waals surface area contributed by atoms with Gasteiger partial charge in [-0.25, -0.2) is 18.6 Å². The van der Waals surface area contributed by atoms with Crippen LogP contribution >= 0.6 is 0 Å². The second-order valence-electron chi connectivity index (χ2n) is 3.90. The molecule has 1 aliphatic heterocycles. The predicted molar refractivity (Wildman–Crippen MR) is 59.8 cm³/mol. The van der Waals surface area contributed by atoms with Gasteiger partial charge in [0.25, 0.3) is 0 Å². The first-order valence-electron chi connectivity index (χ1n) is 5.22. The molecular formula is C12H9F2NO3. The Morgan fingerprint density at radius 3 is 2.78 bits per heavy atom. The standard InChI is InChI=1S/C12H9F2NO3/c13-11(14)5-9-10(16)4-7-3-6(12(17)18)1-2-8(7)15-9/h1-3,11H,4-5H2,(H,17,18). The number of fused-ring (bicyclic) bond motifs is 1. The topological polar surface area (TPSA) is 66.7 Å². The molecule has 18 heavy (non-hydrogen) atoms. The summed E-state index contributed by atoms with van der Waals surface area (Å²) < 4.78 is 24.5. The number of halogens is 2. The summed E-state index contributed by atoms with van der Waals surface area (Å²) in [6.45, 7) is 0. The van der Waals surface area contributed by atoms with Crippen molar-refractivity contribution in [2.24, 2.45) is 4.99 Å². The molecule has 1 N–H and O–H groups in total. The number of carboxylic acid groups (broad SMARTS) is 1.